The summed E-state index contributed by atoms with van der Waals surface area (Å²) in [5, 5.41) is 9.21. The number of esters is 1. The van der Waals surface area contributed by atoms with E-state index in [1.807, 2.05) is 0 Å². The molecule has 1 N–H and O–H groups in total. The number of fused-ring (bicyclic) bond motifs is 1. The van der Waals surface area contributed by atoms with Crippen LogP contribution in [-0.2, 0) is 30.8 Å². The lowest BCUT2D eigenvalue weighted by molar-refractivity contribution is -0.150. The fourth-order valence-corrected chi connectivity index (χ4v) is 4.96. The van der Waals surface area contributed by atoms with Gasteiger partial charge in [0.25, 0.3) is 0 Å². The van der Waals surface area contributed by atoms with Crippen molar-refractivity contribution in [1.82, 2.24) is 4.31 Å². The minimum Gasteiger partial charge on any atom is -0.481 e. The second kappa shape index (κ2) is 6.88. The Balaban J connectivity index is 1.81. The lowest BCUT2D eigenvalue weighted by Crippen LogP contribution is -2.30. The summed E-state index contributed by atoms with van der Waals surface area (Å²) >= 11 is 0. The van der Waals surface area contributed by atoms with Crippen LogP contribution in [0, 0.1) is 11.8 Å². The normalized spacial score (nSPS) is 25.5. The van der Waals surface area contributed by atoms with Crippen LogP contribution < -0.4 is 4.74 Å². The van der Waals surface area contributed by atoms with Gasteiger partial charge in [-0.2, -0.15) is 4.31 Å². The van der Waals surface area contributed by atoms with E-state index in [2.05, 4.69) is 0 Å². The van der Waals surface area contributed by atoms with E-state index >= 15 is 0 Å². The van der Waals surface area contributed by atoms with Gasteiger partial charge in [0.15, 0.2) is 6.10 Å². The van der Waals surface area contributed by atoms with Crippen molar-refractivity contribution in [2.45, 2.75) is 31.3 Å². The minimum absolute atomic E-state index is 0.0438. The van der Waals surface area contributed by atoms with Gasteiger partial charge in [-0.15, -0.1) is 0 Å². The van der Waals surface area contributed by atoms with E-state index in [9.17, 15) is 23.1 Å². The van der Waals surface area contributed by atoms with Crippen LogP contribution in [0.4, 0.5) is 0 Å². The number of aliphatic carboxylic acids is 1. The number of carbonyl (C=O) groups is 2. The highest BCUT2D eigenvalue weighted by molar-refractivity contribution is 7.89. The van der Waals surface area contributed by atoms with Crippen LogP contribution in [0.2, 0.25) is 0 Å². The van der Waals surface area contributed by atoms with Crippen LogP contribution in [0.3, 0.4) is 0 Å². The van der Waals surface area contributed by atoms with Crippen LogP contribution in [-0.4, -0.2) is 55.6 Å². The largest absolute Gasteiger partial charge is 0.481 e. The average molecular weight is 383 g/mol. The quantitative estimate of drug-likeness (QED) is 0.752. The first-order valence-electron chi connectivity index (χ1n) is 8.43. The van der Waals surface area contributed by atoms with E-state index < -0.39 is 34.0 Å². The van der Waals surface area contributed by atoms with Gasteiger partial charge in [-0.3, -0.25) is 4.79 Å². The molecule has 142 valence electrons. The molecule has 1 aromatic carbocycles. The monoisotopic (exact) mass is 383 g/mol. The van der Waals surface area contributed by atoms with Gasteiger partial charge in [0.1, 0.15) is 5.75 Å². The van der Waals surface area contributed by atoms with Crippen molar-refractivity contribution in [3.63, 3.8) is 0 Å². The Labute approximate surface area is 151 Å². The number of sulfonamides is 1. The summed E-state index contributed by atoms with van der Waals surface area (Å²) in [4.78, 5) is 23.1. The predicted octanol–water partition coefficient (Wildman–Crippen LogP) is 0.894. The lowest BCUT2D eigenvalue weighted by atomic mass is 9.99. The number of hydrogen-bond donors (Lipinski definition) is 1. The molecular weight excluding hydrogens is 362 g/mol. The molecule has 8 nitrogen and oxygen atoms in total. The summed E-state index contributed by atoms with van der Waals surface area (Å²) in [5.41, 5.74) is 0.617. The third-order valence-electron chi connectivity index (χ3n) is 4.79. The molecule has 9 heteroatoms. The van der Waals surface area contributed by atoms with E-state index in [1.165, 1.54) is 22.5 Å². The first-order valence-corrected chi connectivity index (χ1v) is 9.87. The summed E-state index contributed by atoms with van der Waals surface area (Å²) in [7, 11) is -3.81. The minimum atomic E-state index is -3.81. The second-order valence-electron chi connectivity index (χ2n) is 6.58. The summed E-state index contributed by atoms with van der Waals surface area (Å²) in [5.74, 6) is -1.98. The molecule has 0 bridgehead atoms. The van der Waals surface area contributed by atoms with E-state index in [0.717, 1.165) is 0 Å². The van der Waals surface area contributed by atoms with Crippen LogP contribution in [0.5, 0.6) is 5.75 Å². The molecule has 3 atom stereocenters. The number of rotatable bonds is 5. The van der Waals surface area contributed by atoms with Gasteiger partial charge in [0.2, 0.25) is 10.0 Å². The first-order chi connectivity index (χ1) is 12.2. The lowest BCUT2D eigenvalue weighted by Gasteiger charge is -2.16. The van der Waals surface area contributed by atoms with Crippen molar-refractivity contribution >= 4 is 22.0 Å². The zero-order chi connectivity index (χ0) is 19.1. The van der Waals surface area contributed by atoms with Crippen LogP contribution in [0.15, 0.2) is 23.1 Å². The van der Waals surface area contributed by atoms with E-state index in [1.54, 1.807) is 13.8 Å². The number of nitrogens with zero attached hydrogens (tertiary/aromatic N) is 1. The molecule has 0 spiro atoms. The Kier molecular flexibility index (Phi) is 4.94. The summed E-state index contributed by atoms with van der Waals surface area (Å²) < 4.78 is 37.4. The zero-order valence-corrected chi connectivity index (χ0v) is 15.4. The van der Waals surface area contributed by atoms with Gasteiger partial charge in [-0.1, -0.05) is 6.92 Å². The van der Waals surface area contributed by atoms with Crippen LogP contribution in [0.1, 0.15) is 19.4 Å². The molecule has 0 amide bonds. The number of benzene rings is 1. The molecule has 26 heavy (non-hydrogen) atoms. The van der Waals surface area contributed by atoms with Gasteiger partial charge in [-0.25, -0.2) is 13.2 Å². The highest BCUT2D eigenvalue weighted by Crippen LogP contribution is 2.34. The Morgan fingerprint density at radius 1 is 1.35 bits per heavy atom. The SMILES string of the molecule is CCOC(=O)C1Cc2cc(S(=O)(=O)N3C[C@@H](C)[C@H](C(=O)O)C3)ccc2O1. The molecule has 2 aliphatic heterocycles. The molecule has 0 saturated carbocycles. The van der Waals surface area contributed by atoms with Gasteiger partial charge >= 0.3 is 11.9 Å². The molecule has 1 saturated heterocycles. The van der Waals surface area contributed by atoms with Crippen molar-refractivity contribution in [1.29, 1.82) is 0 Å². The number of carboxylic acid groups (broad SMARTS) is 1. The maximum Gasteiger partial charge on any atom is 0.347 e. The molecule has 1 aromatic rings. The highest BCUT2D eigenvalue weighted by atomic mass is 32.2. The topological polar surface area (TPSA) is 110 Å². The average Bonchev–Trinajstić information content (AvgIpc) is 3.18. The molecule has 0 radical (unpaired) electrons. The Bertz CT molecular complexity index is 836. The van der Waals surface area contributed by atoms with Crippen molar-refractivity contribution < 1.29 is 32.6 Å². The smallest absolute Gasteiger partial charge is 0.347 e. The molecular formula is C17H21NO7S. The predicted molar refractivity (Wildman–Crippen MR) is 90.2 cm³/mol. The van der Waals surface area contributed by atoms with Gasteiger partial charge in [-0.05, 0) is 36.6 Å². The van der Waals surface area contributed by atoms with E-state index in [0.29, 0.717) is 11.3 Å². The highest BCUT2D eigenvalue weighted by Gasteiger charge is 2.41. The van der Waals surface area contributed by atoms with E-state index in [-0.39, 0.29) is 36.9 Å². The molecule has 0 aliphatic carbocycles. The Morgan fingerprint density at radius 2 is 2.08 bits per heavy atom. The number of hydrogen-bond acceptors (Lipinski definition) is 6. The summed E-state index contributed by atoms with van der Waals surface area (Å²) in [6.07, 6.45) is -0.530. The van der Waals surface area contributed by atoms with E-state index in [4.69, 9.17) is 9.47 Å². The number of ether oxygens (including phenoxy) is 2. The third kappa shape index (κ3) is 3.28. The van der Waals surface area contributed by atoms with Crippen LogP contribution >= 0.6 is 0 Å². The molecule has 1 fully saturated rings. The molecule has 1 unspecified atom stereocenters. The van der Waals surface area contributed by atoms with Crippen molar-refractivity contribution in [2.75, 3.05) is 19.7 Å². The fourth-order valence-electron chi connectivity index (χ4n) is 3.34. The summed E-state index contributed by atoms with van der Waals surface area (Å²) in [6.45, 7) is 3.80. The van der Waals surface area contributed by atoms with Crippen LogP contribution in [0.25, 0.3) is 0 Å². The zero-order valence-electron chi connectivity index (χ0n) is 14.5. The van der Waals surface area contributed by atoms with Crippen molar-refractivity contribution in [3.05, 3.63) is 23.8 Å². The number of carboxylic acids is 1. The molecule has 0 aromatic heterocycles. The molecule has 2 aliphatic rings. The van der Waals surface area contributed by atoms with Crippen molar-refractivity contribution in [3.8, 4) is 5.75 Å². The fraction of sp³-hybridized carbons (Fsp3) is 0.529. The Morgan fingerprint density at radius 3 is 2.69 bits per heavy atom. The third-order valence-corrected chi connectivity index (χ3v) is 6.62. The maximum atomic E-state index is 12.9. The number of carbonyl (C=O) groups excluding carboxylic acids is 1. The maximum absolute atomic E-state index is 12.9. The van der Waals surface area contributed by atoms with Gasteiger partial charge in [0.05, 0.1) is 17.4 Å². The second-order valence-corrected chi connectivity index (χ2v) is 8.51. The standard InChI is InChI=1S/C17H21NO7S/c1-3-24-17(21)15-7-11-6-12(4-5-14(11)25-15)26(22,23)18-8-10(2)13(9-18)16(19)20/h4-6,10,13,15H,3,7-9H2,1-2H3,(H,19,20)/t10-,13-,15?/m1/s1. The molecule has 3 rings (SSSR count). The molecule has 2 heterocycles. The van der Waals surface area contributed by atoms with Gasteiger partial charge in [0, 0.05) is 19.5 Å². The van der Waals surface area contributed by atoms with Gasteiger partial charge < -0.3 is 14.6 Å². The first kappa shape index (κ1) is 18.7. The Hall–Kier alpha value is -2.13. The summed E-state index contributed by atoms with van der Waals surface area (Å²) in [6, 6.07) is 4.43. The van der Waals surface area contributed by atoms with Crippen molar-refractivity contribution in [2.24, 2.45) is 11.8 Å².